The van der Waals surface area contributed by atoms with Crippen LogP contribution in [0.15, 0.2) is 6.07 Å². The van der Waals surface area contributed by atoms with Crippen molar-refractivity contribution in [1.82, 2.24) is 4.98 Å². The summed E-state index contributed by atoms with van der Waals surface area (Å²) in [6.45, 7) is -0.569. The van der Waals surface area contributed by atoms with Gasteiger partial charge in [0, 0.05) is 11.1 Å². The molecule has 3 nitrogen and oxygen atoms in total. The van der Waals surface area contributed by atoms with E-state index in [1.165, 1.54) is 0 Å². The molecule has 0 aliphatic rings. The molecular weight excluding hydrogens is 226 g/mol. The zero-order chi connectivity index (χ0) is 11.4. The first-order chi connectivity index (χ1) is 7.13. The van der Waals surface area contributed by atoms with Crippen LogP contribution in [0, 0.1) is 11.3 Å². The number of nitrogens with zero attached hydrogens (tertiary/aromatic N) is 2. The van der Waals surface area contributed by atoms with Crippen molar-refractivity contribution in [1.29, 1.82) is 5.26 Å². The average Bonchev–Trinajstić information content (AvgIpc) is 2.26. The largest absolute Gasteiger partial charge is 0.392 e. The van der Waals surface area contributed by atoms with Crippen molar-refractivity contribution in [2.45, 2.75) is 18.9 Å². The number of aliphatic hydroxyl groups excluding tert-OH is 1. The van der Waals surface area contributed by atoms with Gasteiger partial charge in [-0.3, -0.25) is 0 Å². The maximum Gasteiger partial charge on any atom is 0.264 e. The third-order valence-corrected chi connectivity index (χ3v) is 2.13. The topological polar surface area (TPSA) is 56.9 Å². The fourth-order valence-corrected chi connectivity index (χ4v) is 1.41. The molecule has 0 bridgehead atoms. The predicted octanol–water partition coefficient (Wildman–Crippen LogP) is 2.12. The van der Waals surface area contributed by atoms with E-state index in [0.29, 0.717) is 0 Å². The van der Waals surface area contributed by atoms with Gasteiger partial charge in [-0.15, -0.1) is 11.6 Å². The van der Waals surface area contributed by atoms with E-state index < -0.39 is 13.0 Å². The molecule has 0 saturated heterocycles. The zero-order valence-electron chi connectivity index (χ0n) is 7.54. The molecule has 1 heterocycles. The van der Waals surface area contributed by atoms with Gasteiger partial charge in [0.25, 0.3) is 6.43 Å². The summed E-state index contributed by atoms with van der Waals surface area (Å²) in [6.07, 6.45) is -2.76. The minimum Gasteiger partial charge on any atom is -0.392 e. The summed E-state index contributed by atoms with van der Waals surface area (Å²) >= 11 is 5.49. The van der Waals surface area contributed by atoms with E-state index in [2.05, 4.69) is 4.98 Å². The van der Waals surface area contributed by atoms with Crippen LogP contribution in [-0.4, -0.2) is 10.1 Å². The van der Waals surface area contributed by atoms with E-state index in [4.69, 9.17) is 22.0 Å². The summed E-state index contributed by atoms with van der Waals surface area (Å²) in [6, 6.07) is 2.63. The quantitative estimate of drug-likeness (QED) is 0.812. The predicted molar refractivity (Wildman–Crippen MR) is 49.4 cm³/mol. The van der Waals surface area contributed by atoms with Gasteiger partial charge in [0.2, 0.25) is 0 Å². The SMILES string of the molecule is N#Cc1cc(C(F)F)c(CO)c(CCl)n1. The van der Waals surface area contributed by atoms with Gasteiger partial charge in [-0.05, 0) is 6.07 Å². The van der Waals surface area contributed by atoms with Crippen LogP contribution in [0.2, 0.25) is 0 Å². The molecule has 0 aliphatic heterocycles. The van der Waals surface area contributed by atoms with Gasteiger partial charge in [0.05, 0.1) is 18.2 Å². The number of aromatic nitrogens is 1. The summed E-state index contributed by atoms with van der Waals surface area (Å²) in [7, 11) is 0. The van der Waals surface area contributed by atoms with Gasteiger partial charge < -0.3 is 5.11 Å². The molecular formula is C9H7ClF2N2O. The van der Waals surface area contributed by atoms with Gasteiger partial charge in [0.15, 0.2) is 0 Å². The van der Waals surface area contributed by atoms with Crippen molar-refractivity contribution in [3.63, 3.8) is 0 Å². The van der Waals surface area contributed by atoms with E-state index in [-0.39, 0.29) is 28.4 Å². The summed E-state index contributed by atoms with van der Waals surface area (Å²) < 4.78 is 25.1. The Morgan fingerprint density at radius 3 is 2.67 bits per heavy atom. The standard InChI is InChI=1S/C9H7ClF2N2O/c10-2-8-7(4-15)6(9(11)12)1-5(3-13)14-8/h1,9,15H,2,4H2. The van der Waals surface area contributed by atoms with Crippen LogP contribution in [0.3, 0.4) is 0 Å². The Balaban J connectivity index is 3.40. The van der Waals surface area contributed by atoms with Crippen LogP contribution in [0.25, 0.3) is 0 Å². The Kier molecular flexibility index (Phi) is 3.95. The molecule has 0 aromatic carbocycles. The third kappa shape index (κ3) is 2.41. The molecule has 0 fully saturated rings. The molecule has 1 aromatic heterocycles. The number of halogens is 3. The van der Waals surface area contributed by atoms with Gasteiger partial charge in [0.1, 0.15) is 11.8 Å². The van der Waals surface area contributed by atoms with E-state index in [0.717, 1.165) is 6.07 Å². The van der Waals surface area contributed by atoms with Crippen molar-refractivity contribution < 1.29 is 13.9 Å². The van der Waals surface area contributed by atoms with E-state index >= 15 is 0 Å². The number of rotatable bonds is 3. The molecule has 1 rings (SSSR count). The second kappa shape index (κ2) is 5.01. The van der Waals surface area contributed by atoms with Crippen molar-refractivity contribution >= 4 is 11.6 Å². The van der Waals surface area contributed by atoms with Crippen molar-refractivity contribution in [2.24, 2.45) is 0 Å². The summed E-state index contributed by atoms with van der Waals surface area (Å²) in [5.74, 6) is -0.120. The number of pyridine rings is 1. The first-order valence-electron chi connectivity index (χ1n) is 4.01. The second-order valence-corrected chi connectivity index (χ2v) is 2.99. The molecule has 0 amide bonds. The van der Waals surface area contributed by atoms with E-state index in [9.17, 15) is 8.78 Å². The first-order valence-corrected chi connectivity index (χ1v) is 4.55. The normalized spacial score (nSPS) is 10.4. The molecule has 0 saturated carbocycles. The maximum atomic E-state index is 12.6. The molecule has 1 N–H and O–H groups in total. The molecule has 0 unspecified atom stereocenters. The van der Waals surface area contributed by atoms with Crippen LogP contribution in [-0.2, 0) is 12.5 Å². The van der Waals surface area contributed by atoms with Crippen LogP contribution < -0.4 is 0 Å². The Morgan fingerprint density at radius 2 is 2.27 bits per heavy atom. The number of alkyl halides is 3. The van der Waals surface area contributed by atoms with Crippen LogP contribution in [0.1, 0.15) is 28.9 Å². The number of aliphatic hydroxyl groups is 1. The lowest BCUT2D eigenvalue weighted by atomic mass is 10.1. The number of hydrogen-bond acceptors (Lipinski definition) is 3. The second-order valence-electron chi connectivity index (χ2n) is 2.73. The molecule has 0 radical (unpaired) electrons. The summed E-state index contributed by atoms with van der Waals surface area (Å²) in [5.41, 5.74) is -0.398. The molecule has 0 spiro atoms. The minimum absolute atomic E-state index is 0.000926. The van der Waals surface area contributed by atoms with Crippen LogP contribution in [0.5, 0.6) is 0 Å². The Hall–Kier alpha value is -1.25. The fourth-order valence-electron chi connectivity index (χ4n) is 1.19. The highest BCUT2D eigenvalue weighted by Gasteiger charge is 2.18. The first kappa shape index (κ1) is 11.8. The molecule has 0 atom stereocenters. The lowest BCUT2D eigenvalue weighted by molar-refractivity contribution is 0.146. The van der Waals surface area contributed by atoms with Gasteiger partial charge in [-0.1, -0.05) is 0 Å². The Morgan fingerprint density at radius 1 is 1.60 bits per heavy atom. The summed E-state index contributed by atoms with van der Waals surface area (Å²) in [5, 5.41) is 17.5. The maximum absolute atomic E-state index is 12.6. The number of hydrogen-bond donors (Lipinski definition) is 1. The average molecular weight is 233 g/mol. The highest BCUT2D eigenvalue weighted by molar-refractivity contribution is 6.17. The molecule has 80 valence electrons. The molecule has 15 heavy (non-hydrogen) atoms. The van der Waals surface area contributed by atoms with E-state index in [1.54, 1.807) is 6.07 Å². The van der Waals surface area contributed by atoms with E-state index in [1.807, 2.05) is 0 Å². The van der Waals surface area contributed by atoms with Crippen molar-refractivity contribution in [3.05, 3.63) is 28.6 Å². The molecule has 0 aliphatic carbocycles. The summed E-state index contributed by atoms with van der Waals surface area (Å²) in [4.78, 5) is 3.74. The smallest absolute Gasteiger partial charge is 0.264 e. The van der Waals surface area contributed by atoms with Crippen molar-refractivity contribution in [3.8, 4) is 6.07 Å². The van der Waals surface area contributed by atoms with Crippen LogP contribution in [0.4, 0.5) is 8.78 Å². The zero-order valence-corrected chi connectivity index (χ0v) is 8.30. The Bertz CT molecular complexity index is 404. The lowest BCUT2D eigenvalue weighted by Gasteiger charge is -2.10. The highest BCUT2D eigenvalue weighted by Crippen LogP contribution is 2.26. The van der Waals surface area contributed by atoms with Crippen molar-refractivity contribution in [2.75, 3.05) is 0 Å². The van der Waals surface area contributed by atoms with Crippen LogP contribution >= 0.6 is 11.6 Å². The van der Waals surface area contributed by atoms with Gasteiger partial charge in [-0.2, -0.15) is 5.26 Å². The minimum atomic E-state index is -2.76. The number of nitriles is 1. The molecule has 6 heteroatoms. The lowest BCUT2D eigenvalue weighted by Crippen LogP contribution is -2.04. The fraction of sp³-hybridized carbons (Fsp3) is 0.333. The third-order valence-electron chi connectivity index (χ3n) is 1.88. The Labute approximate surface area is 89.9 Å². The monoisotopic (exact) mass is 232 g/mol. The van der Waals surface area contributed by atoms with Gasteiger partial charge >= 0.3 is 0 Å². The van der Waals surface area contributed by atoms with Gasteiger partial charge in [-0.25, -0.2) is 13.8 Å². The highest BCUT2D eigenvalue weighted by atomic mass is 35.5. The molecule has 1 aromatic rings.